The highest BCUT2D eigenvalue weighted by molar-refractivity contribution is 6.33. The molecule has 0 heterocycles. The number of nitrogens with one attached hydrogen (secondary N) is 4. The lowest BCUT2D eigenvalue weighted by molar-refractivity contribution is 0.0975. The van der Waals surface area contributed by atoms with Gasteiger partial charge in [-0.1, -0.05) is 0 Å². The number of hydrogen-bond acceptors (Lipinski definition) is 10. The fourth-order valence-electron chi connectivity index (χ4n) is 3.80. The van der Waals surface area contributed by atoms with Crippen LogP contribution in [0.2, 0.25) is 0 Å². The summed E-state index contributed by atoms with van der Waals surface area (Å²) in [6.45, 7) is 2.97. The number of aliphatic hydroxyl groups excluding tert-OH is 2. The number of anilines is 2. The summed E-state index contributed by atoms with van der Waals surface area (Å²) in [5.41, 5.74) is 1.34. The van der Waals surface area contributed by atoms with Gasteiger partial charge in [0, 0.05) is 50.6 Å². The van der Waals surface area contributed by atoms with E-state index >= 15 is 0 Å². The minimum atomic E-state index is -0.469. The van der Waals surface area contributed by atoms with Crippen LogP contribution in [0, 0.1) is 0 Å². The third-order valence-electron chi connectivity index (χ3n) is 5.29. The summed E-state index contributed by atoms with van der Waals surface area (Å²) in [4.78, 5) is 27.2. The van der Waals surface area contributed by atoms with E-state index < -0.39 is 11.6 Å². The number of benzene rings is 2. The zero-order valence-electron chi connectivity index (χ0n) is 18.5. The quantitative estimate of drug-likeness (QED) is 0.176. The van der Waals surface area contributed by atoms with E-state index in [4.69, 9.17) is 14.9 Å². The molecule has 178 valence electrons. The molecule has 0 saturated heterocycles. The molecule has 0 atom stereocenters. The van der Waals surface area contributed by atoms with E-state index in [2.05, 4.69) is 21.3 Å². The maximum Gasteiger partial charge on any atom is 0.200 e. The van der Waals surface area contributed by atoms with E-state index in [1.165, 1.54) is 19.2 Å². The summed E-state index contributed by atoms with van der Waals surface area (Å²) in [6.07, 6.45) is 0. The zero-order chi connectivity index (χ0) is 23.8. The number of rotatable bonds is 13. The van der Waals surface area contributed by atoms with Gasteiger partial charge in [0.15, 0.2) is 0 Å². The van der Waals surface area contributed by atoms with E-state index in [1.807, 2.05) is 0 Å². The molecular weight excluding hydrogens is 428 g/mol. The number of phenolic OH excluding ortho intramolecular Hbond substituents is 1. The van der Waals surface area contributed by atoms with E-state index in [1.54, 1.807) is 12.1 Å². The number of carbonyl (C=O) groups is 2. The molecule has 10 heteroatoms. The number of carbonyl (C=O) groups excluding carboxylic acids is 2. The van der Waals surface area contributed by atoms with E-state index in [-0.39, 0.29) is 47.0 Å². The highest BCUT2D eigenvalue weighted by Gasteiger charge is 2.38. The van der Waals surface area contributed by atoms with Gasteiger partial charge in [0.1, 0.15) is 11.5 Å². The normalized spacial score (nSPS) is 12.3. The molecule has 0 aromatic heterocycles. The molecule has 0 fully saturated rings. The largest absolute Gasteiger partial charge is 0.507 e. The molecule has 2 aromatic carbocycles. The smallest absolute Gasteiger partial charge is 0.200 e. The number of hydrogen-bond donors (Lipinski definition) is 7. The van der Waals surface area contributed by atoms with E-state index in [0.717, 1.165) is 0 Å². The van der Waals surface area contributed by atoms with Crippen molar-refractivity contribution in [1.29, 1.82) is 0 Å². The number of aromatic hydroxyl groups is 1. The van der Waals surface area contributed by atoms with Crippen LogP contribution >= 0.6 is 0 Å². The minimum Gasteiger partial charge on any atom is -0.507 e. The van der Waals surface area contributed by atoms with Gasteiger partial charge < -0.3 is 41.3 Å². The first-order valence-corrected chi connectivity index (χ1v) is 10.8. The molecule has 0 saturated carbocycles. The number of ketones is 2. The summed E-state index contributed by atoms with van der Waals surface area (Å²) >= 11 is 0. The van der Waals surface area contributed by atoms with Crippen molar-refractivity contribution in [1.82, 2.24) is 10.6 Å². The van der Waals surface area contributed by atoms with Gasteiger partial charge in [-0.2, -0.15) is 0 Å². The molecule has 0 spiro atoms. The van der Waals surface area contributed by atoms with E-state index in [0.29, 0.717) is 50.6 Å². The first-order valence-electron chi connectivity index (χ1n) is 10.8. The topological polar surface area (TPSA) is 152 Å². The van der Waals surface area contributed by atoms with Crippen LogP contribution in [0.25, 0.3) is 0 Å². The number of phenols is 1. The van der Waals surface area contributed by atoms with Crippen LogP contribution in [0.5, 0.6) is 11.5 Å². The second-order valence-electron chi connectivity index (χ2n) is 7.41. The highest BCUT2D eigenvalue weighted by Crippen LogP contribution is 2.42. The fraction of sp³-hybridized carbons (Fsp3) is 0.391. The monoisotopic (exact) mass is 458 g/mol. The minimum absolute atomic E-state index is 0.0216. The first-order chi connectivity index (χ1) is 16.0. The molecule has 0 aliphatic heterocycles. The molecule has 1 aliphatic carbocycles. The standard InChI is InChI=1S/C23H30N4O6/c1-33-17-5-4-16(30)20-21(17)23(32)19-15(27-9-7-25-11-13-29)3-2-14(18(19)22(20)31)26-8-6-24-10-12-28/h2-5,24-30H,6-13H2,1H3. The van der Waals surface area contributed by atoms with Crippen LogP contribution in [0.15, 0.2) is 24.3 Å². The van der Waals surface area contributed by atoms with Gasteiger partial charge >= 0.3 is 0 Å². The fourth-order valence-corrected chi connectivity index (χ4v) is 3.80. The van der Waals surface area contributed by atoms with Crippen LogP contribution < -0.4 is 26.0 Å². The van der Waals surface area contributed by atoms with E-state index in [9.17, 15) is 14.7 Å². The summed E-state index contributed by atoms with van der Waals surface area (Å²) < 4.78 is 5.32. The van der Waals surface area contributed by atoms with Crippen molar-refractivity contribution in [2.45, 2.75) is 0 Å². The summed E-state index contributed by atoms with van der Waals surface area (Å²) in [5, 5.41) is 40.7. The second-order valence-corrected chi connectivity index (χ2v) is 7.41. The van der Waals surface area contributed by atoms with Crippen molar-refractivity contribution in [2.24, 2.45) is 0 Å². The predicted molar refractivity (Wildman–Crippen MR) is 125 cm³/mol. The second kappa shape index (κ2) is 11.6. The van der Waals surface area contributed by atoms with Gasteiger partial charge in [0.05, 0.1) is 42.6 Å². The van der Waals surface area contributed by atoms with Gasteiger partial charge in [0.2, 0.25) is 11.6 Å². The van der Waals surface area contributed by atoms with Crippen molar-refractivity contribution in [3.63, 3.8) is 0 Å². The molecule has 0 unspecified atom stereocenters. The van der Waals surface area contributed by atoms with Crippen LogP contribution in [-0.2, 0) is 0 Å². The Labute approximate surface area is 192 Å². The number of aliphatic hydroxyl groups is 2. The molecule has 0 radical (unpaired) electrons. The van der Waals surface area contributed by atoms with Crippen LogP contribution in [-0.4, -0.2) is 86.5 Å². The third-order valence-corrected chi connectivity index (χ3v) is 5.29. The molecule has 10 nitrogen and oxygen atoms in total. The molecule has 3 rings (SSSR count). The molecular formula is C23H30N4O6. The lowest BCUT2D eigenvalue weighted by Crippen LogP contribution is -2.29. The van der Waals surface area contributed by atoms with Crippen LogP contribution in [0.1, 0.15) is 31.8 Å². The Morgan fingerprint density at radius 2 is 1.21 bits per heavy atom. The van der Waals surface area contributed by atoms with Crippen LogP contribution in [0.3, 0.4) is 0 Å². The Morgan fingerprint density at radius 1 is 0.697 bits per heavy atom. The SMILES string of the molecule is COc1ccc(O)c2c1C(=O)c1c(NCCNCCO)ccc(NCCNCCO)c1C2=O. The number of methoxy groups -OCH3 is 1. The average Bonchev–Trinajstić information content (AvgIpc) is 2.82. The van der Waals surface area contributed by atoms with Gasteiger partial charge in [0.25, 0.3) is 0 Å². The lowest BCUT2D eigenvalue weighted by atomic mass is 9.81. The zero-order valence-corrected chi connectivity index (χ0v) is 18.5. The number of ether oxygens (including phenoxy) is 1. The maximum atomic E-state index is 13.6. The number of fused-ring (bicyclic) bond motifs is 2. The van der Waals surface area contributed by atoms with Crippen molar-refractivity contribution in [3.8, 4) is 11.5 Å². The van der Waals surface area contributed by atoms with Crippen LogP contribution in [0.4, 0.5) is 11.4 Å². The van der Waals surface area contributed by atoms with Crippen molar-refractivity contribution in [2.75, 3.05) is 70.2 Å². The van der Waals surface area contributed by atoms with Gasteiger partial charge in [-0.3, -0.25) is 9.59 Å². The Balaban J connectivity index is 2.00. The molecule has 7 N–H and O–H groups in total. The summed E-state index contributed by atoms with van der Waals surface area (Å²) in [5.74, 6) is -0.949. The molecule has 1 aliphatic rings. The summed E-state index contributed by atoms with van der Waals surface area (Å²) in [6, 6.07) is 6.27. The lowest BCUT2D eigenvalue weighted by Gasteiger charge is -2.25. The van der Waals surface area contributed by atoms with Gasteiger partial charge in [-0.25, -0.2) is 0 Å². The van der Waals surface area contributed by atoms with Gasteiger partial charge in [-0.15, -0.1) is 0 Å². The molecule has 0 bridgehead atoms. The average molecular weight is 459 g/mol. The Morgan fingerprint density at radius 3 is 1.70 bits per heavy atom. The Bertz CT molecular complexity index is 1010. The Hall–Kier alpha value is -3.18. The highest BCUT2D eigenvalue weighted by atomic mass is 16.5. The third kappa shape index (κ3) is 5.25. The maximum absolute atomic E-state index is 13.6. The molecule has 33 heavy (non-hydrogen) atoms. The predicted octanol–water partition coefficient (Wildman–Crippen LogP) is 0.164. The summed E-state index contributed by atoms with van der Waals surface area (Å²) in [7, 11) is 1.41. The van der Waals surface area contributed by atoms with Gasteiger partial charge in [-0.05, 0) is 24.3 Å². The van der Waals surface area contributed by atoms with Crippen molar-refractivity contribution in [3.05, 3.63) is 46.5 Å². The first kappa shape index (κ1) is 24.5. The van der Waals surface area contributed by atoms with Crippen molar-refractivity contribution >= 4 is 22.9 Å². The Kier molecular flexibility index (Phi) is 8.61. The molecule has 2 aromatic rings. The van der Waals surface area contributed by atoms with Crippen molar-refractivity contribution < 1.29 is 29.6 Å². The molecule has 0 amide bonds.